The van der Waals surface area contributed by atoms with Gasteiger partial charge in [-0.2, -0.15) is 0 Å². The van der Waals surface area contributed by atoms with Crippen LogP contribution < -0.4 is 23.7 Å². The van der Waals surface area contributed by atoms with Crippen LogP contribution in [0.1, 0.15) is 27.7 Å². The molecule has 0 saturated carbocycles. The molecule has 0 bridgehead atoms. The van der Waals surface area contributed by atoms with Crippen molar-refractivity contribution < 1.29 is 38.0 Å². The summed E-state index contributed by atoms with van der Waals surface area (Å²) in [6, 6.07) is 13.2. The molecule has 0 unspecified atom stereocenters. The Morgan fingerprint density at radius 3 is 2.36 bits per heavy atom. The summed E-state index contributed by atoms with van der Waals surface area (Å²) in [6.45, 7) is 2.09. The number of carbonyl (C=O) groups is 2. The third-order valence-electron chi connectivity index (χ3n) is 6.08. The van der Waals surface area contributed by atoms with E-state index in [0.29, 0.717) is 44.3 Å². The molecule has 9 nitrogen and oxygen atoms in total. The molecule has 1 aliphatic heterocycles. The quantitative estimate of drug-likeness (QED) is 0.109. The molecule has 216 valence electrons. The highest BCUT2D eigenvalue weighted by Crippen LogP contribution is 2.40. The summed E-state index contributed by atoms with van der Waals surface area (Å²) in [5, 5.41) is 1.78. The van der Waals surface area contributed by atoms with E-state index in [9.17, 15) is 9.59 Å². The lowest BCUT2D eigenvalue weighted by Gasteiger charge is -2.15. The summed E-state index contributed by atoms with van der Waals surface area (Å²) in [5.74, 6) is 0.219. The molecule has 1 aliphatic rings. The minimum Gasteiger partial charge on any atom is -0.493 e. The average Bonchev–Trinajstić information content (AvgIpc) is 3.51. The van der Waals surface area contributed by atoms with Crippen LogP contribution in [0.2, 0.25) is 10.0 Å². The topological polar surface area (TPSA) is 102 Å². The normalized spacial score (nSPS) is 13.6. The van der Waals surface area contributed by atoms with Crippen LogP contribution >= 0.6 is 34.5 Å². The number of cyclic esters (lactones) is 1. The van der Waals surface area contributed by atoms with Crippen molar-refractivity contribution in [2.24, 2.45) is 4.99 Å². The van der Waals surface area contributed by atoms with Crippen LogP contribution in [-0.2, 0) is 9.53 Å². The largest absolute Gasteiger partial charge is 0.493 e. The van der Waals surface area contributed by atoms with E-state index in [-0.39, 0.29) is 28.7 Å². The SMILES string of the molecule is CCOc1cc(/C=C2/N=C(c3sc4cc(Cl)ccc4c3Cl)OC2=O)ccc1OC(=O)c1cc(OC)c(OC)c(OC)c1. The second-order valence-electron chi connectivity index (χ2n) is 8.66. The van der Waals surface area contributed by atoms with E-state index < -0.39 is 11.9 Å². The monoisotopic (exact) mass is 627 g/mol. The number of methoxy groups -OCH3 is 3. The second kappa shape index (κ2) is 12.3. The number of rotatable bonds is 9. The number of hydrogen-bond acceptors (Lipinski definition) is 10. The summed E-state index contributed by atoms with van der Waals surface area (Å²) in [7, 11) is 4.37. The summed E-state index contributed by atoms with van der Waals surface area (Å²) in [5.41, 5.74) is 0.814. The Hall–Kier alpha value is -4.25. The minimum absolute atomic E-state index is 0.0705. The minimum atomic E-state index is -0.670. The van der Waals surface area contributed by atoms with Crippen LogP contribution in [0.4, 0.5) is 0 Å². The van der Waals surface area contributed by atoms with E-state index in [1.165, 1.54) is 44.8 Å². The Morgan fingerprint density at radius 1 is 0.952 bits per heavy atom. The molecule has 0 radical (unpaired) electrons. The number of nitrogens with zero attached hydrogens (tertiary/aromatic N) is 1. The van der Waals surface area contributed by atoms with Gasteiger partial charge in [0.1, 0.15) is 4.88 Å². The van der Waals surface area contributed by atoms with Crippen molar-refractivity contribution in [2.45, 2.75) is 6.92 Å². The lowest BCUT2D eigenvalue weighted by molar-refractivity contribution is -0.129. The van der Waals surface area contributed by atoms with Gasteiger partial charge in [-0.3, -0.25) is 0 Å². The number of ether oxygens (including phenoxy) is 6. The molecular weight excluding hydrogens is 605 g/mol. The first-order valence-electron chi connectivity index (χ1n) is 12.5. The lowest BCUT2D eigenvalue weighted by atomic mass is 10.1. The molecular formula is C30H23Cl2NO8S. The zero-order chi connectivity index (χ0) is 30.0. The zero-order valence-electron chi connectivity index (χ0n) is 22.8. The molecule has 0 saturated heterocycles. The Balaban J connectivity index is 1.43. The fraction of sp³-hybridized carbons (Fsp3) is 0.167. The molecule has 0 amide bonds. The van der Waals surface area contributed by atoms with Crippen molar-refractivity contribution in [3.63, 3.8) is 0 Å². The van der Waals surface area contributed by atoms with Crippen LogP contribution in [0.5, 0.6) is 28.7 Å². The highest BCUT2D eigenvalue weighted by atomic mass is 35.5. The maximum Gasteiger partial charge on any atom is 0.363 e. The van der Waals surface area contributed by atoms with E-state index in [0.717, 1.165) is 10.1 Å². The first kappa shape index (κ1) is 29.2. The molecule has 2 heterocycles. The summed E-state index contributed by atoms with van der Waals surface area (Å²) < 4.78 is 33.6. The Labute approximate surface area is 254 Å². The van der Waals surface area contributed by atoms with Crippen LogP contribution in [0, 0.1) is 0 Å². The van der Waals surface area contributed by atoms with Crippen molar-refractivity contribution in [2.75, 3.05) is 27.9 Å². The fourth-order valence-electron chi connectivity index (χ4n) is 4.17. The predicted octanol–water partition coefficient (Wildman–Crippen LogP) is 7.20. The average molecular weight is 628 g/mol. The molecule has 4 aromatic rings. The number of carbonyl (C=O) groups excluding carboxylic acids is 2. The second-order valence-corrected chi connectivity index (χ2v) is 10.5. The zero-order valence-corrected chi connectivity index (χ0v) is 25.1. The molecule has 0 fully saturated rings. The highest BCUT2D eigenvalue weighted by molar-refractivity contribution is 7.21. The number of fused-ring (bicyclic) bond motifs is 1. The maximum atomic E-state index is 13.1. The van der Waals surface area contributed by atoms with E-state index in [1.807, 2.05) is 0 Å². The van der Waals surface area contributed by atoms with E-state index in [1.54, 1.807) is 49.4 Å². The van der Waals surface area contributed by atoms with Crippen LogP contribution in [-0.4, -0.2) is 45.8 Å². The van der Waals surface area contributed by atoms with Gasteiger partial charge in [0.25, 0.3) is 0 Å². The van der Waals surface area contributed by atoms with Gasteiger partial charge in [-0.1, -0.05) is 35.3 Å². The molecule has 0 spiro atoms. The van der Waals surface area contributed by atoms with Crippen molar-refractivity contribution in [1.82, 2.24) is 0 Å². The van der Waals surface area contributed by atoms with Gasteiger partial charge < -0.3 is 28.4 Å². The van der Waals surface area contributed by atoms with Gasteiger partial charge >= 0.3 is 11.9 Å². The van der Waals surface area contributed by atoms with Crippen LogP contribution in [0.25, 0.3) is 16.2 Å². The first-order valence-corrected chi connectivity index (χ1v) is 14.0. The van der Waals surface area contributed by atoms with Gasteiger partial charge in [0.05, 0.1) is 38.5 Å². The van der Waals surface area contributed by atoms with Gasteiger partial charge in [-0.15, -0.1) is 11.3 Å². The molecule has 42 heavy (non-hydrogen) atoms. The summed E-state index contributed by atoms with van der Waals surface area (Å²) >= 11 is 14.0. The van der Waals surface area contributed by atoms with Gasteiger partial charge in [-0.25, -0.2) is 14.6 Å². The van der Waals surface area contributed by atoms with Gasteiger partial charge in [0.2, 0.25) is 11.6 Å². The third kappa shape index (κ3) is 5.74. The summed E-state index contributed by atoms with van der Waals surface area (Å²) in [6.07, 6.45) is 1.54. The molecule has 1 aromatic heterocycles. The Kier molecular flexibility index (Phi) is 8.58. The van der Waals surface area contributed by atoms with Crippen LogP contribution in [0.15, 0.2) is 59.2 Å². The molecule has 0 atom stereocenters. The van der Waals surface area contributed by atoms with E-state index in [4.69, 9.17) is 51.6 Å². The van der Waals surface area contributed by atoms with E-state index in [2.05, 4.69) is 4.99 Å². The van der Waals surface area contributed by atoms with Crippen molar-refractivity contribution >= 4 is 68.5 Å². The lowest BCUT2D eigenvalue weighted by Crippen LogP contribution is -2.11. The molecule has 5 rings (SSSR count). The summed E-state index contributed by atoms with van der Waals surface area (Å²) in [4.78, 5) is 30.6. The number of aliphatic imine (C=N–C) groups is 1. The van der Waals surface area contributed by atoms with Crippen molar-refractivity contribution in [3.8, 4) is 28.7 Å². The smallest absolute Gasteiger partial charge is 0.363 e. The predicted molar refractivity (Wildman–Crippen MR) is 161 cm³/mol. The molecule has 0 N–H and O–H groups in total. The van der Waals surface area contributed by atoms with Crippen LogP contribution in [0.3, 0.4) is 0 Å². The first-order chi connectivity index (χ1) is 20.3. The van der Waals surface area contributed by atoms with Gasteiger partial charge in [-0.05, 0) is 55.0 Å². The van der Waals surface area contributed by atoms with Crippen molar-refractivity contribution in [3.05, 3.63) is 80.3 Å². The Bertz CT molecular complexity index is 1750. The number of benzene rings is 3. The van der Waals surface area contributed by atoms with Gasteiger partial charge in [0.15, 0.2) is 28.7 Å². The molecule has 0 aliphatic carbocycles. The fourth-order valence-corrected chi connectivity index (χ4v) is 5.88. The van der Waals surface area contributed by atoms with E-state index >= 15 is 0 Å². The molecule has 3 aromatic carbocycles. The van der Waals surface area contributed by atoms with Crippen molar-refractivity contribution in [1.29, 1.82) is 0 Å². The number of halogens is 2. The third-order valence-corrected chi connectivity index (χ3v) is 7.96. The maximum absolute atomic E-state index is 13.1. The standard InChI is InChI=1S/C30H23Cl2NO8S/c1-5-39-21-11-15(6-9-20(21)40-29(34)16-12-22(36-2)26(38-4)23(13-16)37-3)10-19-30(35)41-28(33-19)27-25(32)18-8-7-17(31)14-24(18)42-27/h6-14H,5H2,1-4H3/b19-10+. The number of esters is 2. The number of thiophene rings is 1. The number of hydrogen-bond donors (Lipinski definition) is 0. The highest BCUT2D eigenvalue weighted by Gasteiger charge is 2.28. The van der Waals surface area contributed by atoms with Gasteiger partial charge in [0, 0.05) is 15.1 Å². The Morgan fingerprint density at radius 2 is 1.69 bits per heavy atom. The molecule has 12 heteroatoms.